The van der Waals surface area contributed by atoms with Crippen LogP contribution >= 0.6 is 0 Å². The maximum atomic E-state index is 12.3. The molecule has 3 rings (SSSR count). The minimum absolute atomic E-state index is 0.0849. The lowest BCUT2D eigenvalue weighted by Gasteiger charge is -2.28. The summed E-state index contributed by atoms with van der Waals surface area (Å²) in [5, 5.41) is 0. The number of ketones is 1. The van der Waals surface area contributed by atoms with Gasteiger partial charge in [0.05, 0.1) is 0 Å². The Bertz CT molecular complexity index is 444. The molecule has 0 heterocycles. The lowest BCUT2D eigenvalue weighted by molar-refractivity contribution is 0.0803. The Hall–Kier alpha value is -1.37. The van der Waals surface area contributed by atoms with E-state index in [1.807, 2.05) is 18.2 Å². The summed E-state index contributed by atoms with van der Waals surface area (Å²) in [5.41, 5.74) is 2.13. The fourth-order valence-corrected chi connectivity index (χ4v) is 2.88. The van der Waals surface area contributed by atoms with Gasteiger partial charge in [0, 0.05) is 11.0 Å². The molecule has 1 atom stereocenters. The first-order valence-corrected chi connectivity index (χ1v) is 5.60. The van der Waals surface area contributed by atoms with Gasteiger partial charge in [0.2, 0.25) is 0 Å². The molecule has 0 bridgehead atoms. The molecule has 0 saturated carbocycles. The zero-order chi connectivity index (χ0) is 10.3. The van der Waals surface area contributed by atoms with Crippen molar-refractivity contribution in [3.05, 3.63) is 47.5 Å². The Morgan fingerprint density at radius 3 is 2.73 bits per heavy atom. The third-order valence-corrected chi connectivity index (χ3v) is 3.74. The van der Waals surface area contributed by atoms with Gasteiger partial charge < -0.3 is 0 Å². The van der Waals surface area contributed by atoms with E-state index in [9.17, 15) is 4.79 Å². The third kappa shape index (κ3) is 1.19. The predicted molar refractivity (Wildman–Crippen MR) is 59.9 cm³/mol. The highest BCUT2D eigenvalue weighted by Gasteiger charge is 2.44. The van der Waals surface area contributed by atoms with Gasteiger partial charge in [0.15, 0.2) is 5.78 Å². The van der Waals surface area contributed by atoms with E-state index < -0.39 is 0 Å². The van der Waals surface area contributed by atoms with Crippen LogP contribution in [0, 0.1) is 5.41 Å². The number of hydrogen-bond donors (Lipinski definition) is 0. The van der Waals surface area contributed by atoms with Crippen molar-refractivity contribution in [3.63, 3.8) is 0 Å². The van der Waals surface area contributed by atoms with E-state index in [4.69, 9.17) is 0 Å². The number of rotatable bonds is 0. The number of carbonyl (C=O) groups is 1. The molecule has 1 heteroatoms. The summed E-state index contributed by atoms with van der Waals surface area (Å²) in [6, 6.07) is 8.07. The van der Waals surface area contributed by atoms with Gasteiger partial charge in [-0.25, -0.2) is 0 Å². The van der Waals surface area contributed by atoms with Gasteiger partial charge >= 0.3 is 0 Å². The SMILES string of the molecule is O=C1c2ccccc2CC12CC=CCC2. The van der Waals surface area contributed by atoms with Crippen molar-refractivity contribution in [2.24, 2.45) is 5.41 Å². The first kappa shape index (κ1) is 8.90. The van der Waals surface area contributed by atoms with Gasteiger partial charge in [-0.1, -0.05) is 36.4 Å². The normalized spacial score (nSPS) is 28.4. The number of allylic oxidation sites excluding steroid dienone is 2. The molecular weight excluding hydrogens is 184 g/mol. The molecule has 1 unspecified atom stereocenters. The van der Waals surface area contributed by atoms with Crippen molar-refractivity contribution in [3.8, 4) is 0 Å². The van der Waals surface area contributed by atoms with Gasteiger partial charge in [-0.3, -0.25) is 4.79 Å². The van der Waals surface area contributed by atoms with Crippen LogP contribution < -0.4 is 0 Å². The van der Waals surface area contributed by atoms with E-state index in [2.05, 4.69) is 18.2 Å². The third-order valence-electron chi connectivity index (χ3n) is 3.74. The van der Waals surface area contributed by atoms with E-state index in [-0.39, 0.29) is 5.41 Å². The molecule has 0 aliphatic heterocycles. The maximum Gasteiger partial charge on any atom is 0.169 e. The summed E-state index contributed by atoms with van der Waals surface area (Å²) in [5.74, 6) is 0.377. The number of fused-ring (bicyclic) bond motifs is 1. The van der Waals surface area contributed by atoms with E-state index in [0.29, 0.717) is 5.78 Å². The lowest BCUT2D eigenvalue weighted by atomic mass is 9.74. The number of hydrogen-bond acceptors (Lipinski definition) is 1. The number of benzene rings is 1. The van der Waals surface area contributed by atoms with Crippen LogP contribution in [-0.2, 0) is 6.42 Å². The van der Waals surface area contributed by atoms with Crippen LogP contribution in [0.2, 0.25) is 0 Å². The standard InChI is InChI=1S/C14H14O/c15-13-12-7-3-2-6-11(12)10-14(13)8-4-1-5-9-14/h1-4,6-7H,5,8-10H2. The first-order chi connectivity index (χ1) is 7.32. The van der Waals surface area contributed by atoms with Gasteiger partial charge in [-0.05, 0) is 31.2 Å². The summed E-state index contributed by atoms with van der Waals surface area (Å²) < 4.78 is 0. The van der Waals surface area contributed by atoms with E-state index in [1.165, 1.54) is 5.56 Å². The molecule has 2 aliphatic rings. The number of carbonyl (C=O) groups excluding carboxylic acids is 1. The molecule has 2 aliphatic carbocycles. The Kier molecular flexibility index (Phi) is 1.82. The second-order valence-electron chi connectivity index (χ2n) is 4.66. The Labute approximate surface area is 89.8 Å². The molecule has 0 saturated heterocycles. The molecule has 76 valence electrons. The Balaban J connectivity index is 2.06. The minimum Gasteiger partial charge on any atom is -0.294 e. The molecule has 15 heavy (non-hydrogen) atoms. The van der Waals surface area contributed by atoms with Crippen LogP contribution in [0.5, 0.6) is 0 Å². The van der Waals surface area contributed by atoms with Crippen molar-refractivity contribution < 1.29 is 4.79 Å². The van der Waals surface area contributed by atoms with Crippen LogP contribution in [-0.4, -0.2) is 5.78 Å². The van der Waals surface area contributed by atoms with Crippen molar-refractivity contribution in [2.75, 3.05) is 0 Å². The second-order valence-corrected chi connectivity index (χ2v) is 4.66. The predicted octanol–water partition coefficient (Wildman–Crippen LogP) is 3.15. The van der Waals surface area contributed by atoms with Crippen LogP contribution in [0.15, 0.2) is 36.4 Å². The summed E-state index contributed by atoms with van der Waals surface area (Å²) >= 11 is 0. The summed E-state index contributed by atoms with van der Waals surface area (Å²) in [6.07, 6.45) is 8.33. The average Bonchev–Trinajstić information content (AvgIpc) is 2.54. The molecule has 0 amide bonds. The highest BCUT2D eigenvalue weighted by Crippen LogP contribution is 2.45. The Morgan fingerprint density at radius 1 is 1.13 bits per heavy atom. The van der Waals surface area contributed by atoms with Crippen LogP contribution in [0.25, 0.3) is 0 Å². The average molecular weight is 198 g/mol. The Morgan fingerprint density at radius 2 is 2.00 bits per heavy atom. The van der Waals surface area contributed by atoms with E-state index in [1.54, 1.807) is 0 Å². The molecule has 1 nitrogen and oxygen atoms in total. The van der Waals surface area contributed by atoms with Crippen molar-refractivity contribution in [2.45, 2.75) is 25.7 Å². The topological polar surface area (TPSA) is 17.1 Å². The van der Waals surface area contributed by atoms with Gasteiger partial charge in [-0.15, -0.1) is 0 Å². The summed E-state index contributed by atoms with van der Waals surface area (Å²) in [7, 11) is 0. The molecule has 0 fully saturated rings. The van der Waals surface area contributed by atoms with E-state index in [0.717, 1.165) is 31.2 Å². The van der Waals surface area contributed by atoms with Crippen molar-refractivity contribution in [1.82, 2.24) is 0 Å². The summed E-state index contributed by atoms with van der Waals surface area (Å²) in [6.45, 7) is 0. The largest absolute Gasteiger partial charge is 0.294 e. The van der Waals surface area contributed by atoms with Gasteiger partial charge in [0.1, 0.15) is 0 Å². The summed E-state index contributed by atoms with van der Waals surface area (Å²) in [4.78, 5) is 12.3. The lowest BCUT2D eigenvalue weighted by Crippen LogP contribution is -2.28. The minimum atomic E-state index is -0.0849. The van der Waals surface area contributed by atoms with Crippen LogP contribution in [0.1, 0.15) is 35.2 Å². The first-order valence-electron chi connectivity index (χ1n) is 5.60. The molecular formula is C14H14O. The zero-order valence-electron chi connectivity index (χ0n) is 8.70. The van der Waals surface area contributed by atoms with Crippen molar-refractivity contribution in [1.29, 1.82) is 0 Å². The quantitative estimate of drug-likeness (QED) is 0.585. The van der Waals surface area contributed by atoms with Gasteiger partial charge in [0.25, 0.3) is 0 Å². The maximum absolute atomic E-state index is 12.3. The highest BCUT2D eigenvalue weighted by atomic mass is 16.1. The molecule has 0 radical (unpaired) electrons. The molecule has 0 N–H and O–H groups in total. The van der Waals surface area contributed by atoms with Crippen molar-refractivity contribution >= 4 is 5.78 Å². The second kappa shape index (κ2) is 3.06. The molecule has 1 aromatic rings. The molecule has 1 aromatic carbocycles. The molecule has 0 aromatic heterocycles. The monoisotopic (exact) mass is 198 g/mol. The fraction of sp³-hybridized carbons (Fsp3) is 0.357. The highest BCUT2D eigenvalue weighted by molar-refractivity contribution is 6.05. The van der Waals surface area contributed by atoms with E-state index >= 15 is 0 Å². The van der Waals surface area contributed by atoms with Crippen LogP contribution in [0.3, 0.4) is 0 Å². The van der Waals surface area contributed by atoms with Gasteiger partial charge in [-0.2, -0.15) is 0 Å². The zero-order valence-corrected chi connectivity index (χ0v) is 8.70. The fourth-order valence-electron chi connectivity index (χ4n) is 2.88. The smallest absolute Gasteiger partial charge is 0.169 e. The number of Topliss-reactive ketones (excluding diaryl/α,β-unsaturated/α-hetero) is 1. The van der Waals surface area contributed by atoms with Crippen LogP contribution in [0.4, 0.5) is 0 Å². The molecule has 1 spiro atoms.